The van der Waals surface area contributed by atoms with Gasteiger partial charge < -0.3 is 15.8 Å². The summed E-state index contributed by atoms with van der Waals surface area (Å²) < 4.78 is 4.63. The molecule has 6 nitrogen and oxygen atoms in total. The van der Waals surface area contributed by atoms with Crippen LogP contribution in [0.15, 0.2) is 24.3 Å². The lowest BCUT2D eigenvalue weighted by Crippen LogP contribution is -2.43. The highest BCUT2D eigenvalue weighted by Crippen LogP contribution is 2.09. The highest BCUT2D eigenvalue weighted by molar-refractivity contribution is 6.08. The number of benzene rings is 1. The van der Waals surface area contributed by atoms with Gasteiger partial charge in [-0.3, -0.25) is 4.79 Å². The molecular weight excluding hydrogens is 234 g/mol. The zero-order valence-corrected chi connectivity index (χ0v) is 9.84. The molecule has 1 aromatic carbocycles. The van der Waals surface area contributed by atoms with Crippen LogP contribution in [-0.4, -0.2) is 24.5 Å². The molecule has 1 amide bonds. The van der Waals surface area contributed by atoms with Crippen LogP contribution in [0, 0.1) is 11.3 Å². The molecule has 6 heteroatoms. The van der Waals surface area contributed by atoms with Crippen molar-refractivity contribution in [3.63, 3.8) is 0 Å². The molecule has 1 unspecified atom stereocenters. The van der Waals surface area contributed by atoms with E-state index in [1.807, 2.05) is 6.07 Å². The third kappa shape index (κ3) is 3.57. The number of carbonyl (C=O) groups excluding carboxylic acids is 2. The maximum atomic E-state index is 11.6. The van der Waals surface area contributed by atoms with Gasteiger partial charge >= 0.3 is 5.97 Å². The van der Waals surface area contributed by atoms with Crippen LogP contribution in [-0.2, 0) is 14.3 Å². The molecule has 0 saturated carbocycles. The third-order valence-corrected chi connectivity index (χ3v) is 2.08. The van der Waals surface area contributed by atoms with Crippen LogP contribution in [0.3, 0.4) is 0 Å². The van der Waals surface area contributed by atoms with Gasteiger partial charge in [-0.15, -0.1) is 0 Å². The number of amides is 1. The molecule has 0 fully saturated rings. The van der Waals surface area contributed by atoms with Crippen LogP contribution >= 0.6 is 0 Å². The standard InChI is InChI=1S/C12H13N3O3/c1-2-18-12(17)10(14)11(16)15-9-5-3-4-8(6-9)7-13/h3-6,10H,2,14H2,1H3,(H,15,16). The van der Waals surface area contributed by atoms with Crippen LogP contribution in [0.5, 0.6) is 0 Å². The Morgan fingerprint density at radius 2 is 2.28 bits per heavy atom. The molecule has 0 heterocycles. The number of nitriles is 1. The van der Waals surface area contributed by atoms with Crippen molar-refractivity contribution in [1.82, 2.24) is 0 Å². The van der Waals surface area contributed by atoms with Gasteiger partial charge in [0.2, 0.25) is 0 Å². The minimum Gasteiger partial charge on any atom is -0.464 e. The number of esters is 1. The highest BCUT2D eigenvalue weighted by Gasteiger charge is 2.23. The molecule has 1 aromatic rings. The van der Waals surface area contributed by atoms with Gasteiger partial charge in [0.1, 0.15) is 0 Å². The highest BCUT2D eigenvalue weighted by atomic mass is 16.5. The lowest BCUT2D eigenvalue weighted by atomic mass is 10.2. The van der Waals surface area contributed by atoms with Gasteiger partial charge in [0.15, 0.2) is 6.04 Å². The molecule has 0 saturated heterocycles. The van der Waals surface area contributed by atoms with E-state index in [4.69, 9.17) is 11.0 Å². The van der Waals surface area contributed by atoms with E-state index in [1.54, 1.807) is 25.1 Å². The molecule has 1 rings (SSSR count). The molecule has 0 spiro atoms. The number of anilines is 1. The van der Waals surface area contributed by atoms with E-state index < -0.39 is 17.9 Å². The van der Waals surface area contributed by atoms with Crippen molar-refractivity contribution in [2.45, 2.75) is 13.0 Å². The van der Waals surface area contributed by atoms with E-state index in [0.29, 0.717) is 11.3 Å². The zero-order chi connectivity index (χ0) is 13.5. The maximum Gasteiger partial charge on any atom is 0.332 e. The van der Waals surface area contributed by atoms with Crippen LogP contribution in [0.4, 0.5) is 5.69 Å². The zero-order valence-electron chi connectivity index (χ0n) is 9.84. The molecule has 3 N–H and O–H groups in total. The summed E-state index contributed by atoms with van der Waals surface area (Å²) in [6.07, 6.45) is 0. The first-order chi connectivity index (χ1) is 8.58. The number of nitrogens with two attached hydrogens (primary N) is 1. The SMILES string of the molecule is CCOC(=O)C(N)C(=O)Nc1cccc(C#N)c1. The second kappa shape index (κ2) is 6.37. The summed E-state index contributed by atoms with van der Waals surface area (Å²) in [7, 11) is 0. The fourth-order valence-electron chi connectivity index (χ4n) is 1.23. The van der Waals surface area contributed by atoms with E-state index in [-0.39, 0.29) is 6.61 Å². The van der Waals surface area contributed by atoms with Gasteiger partial charge in [0.05, 0.1) is 18.2 Å². The van der Waals surface area contributed by atoms with Crippen LogP contribution in [0.25, 0.3) is 0 Å². The topological polar surface area (TPSA) is 105 Å². The smallest absolute Gasteiger partial charge is 0.332 e. The number of hydrogen-bond acceptors (Lipinski definition) is 5. The van der Waals surface area contributed by atoms with E-state index in [2.05, 4.69) is 10.1 Å². The molecule has 0 aliphatic rings. The first-order valence-electron chi connectivity index (χ1n) is 5.31. The normalized spacial score (nSPS) is 11.2. The Kier molecular flexibility index (Phi) is 4.84. The van der Waals surface area contributed by atoms with E-state index >= 15 is 0 Å². The average Bonchev–Trinajstić information content (AvgIpc) is 2.38. The van der Waals surface area contributed by atoms with E-state index in [1.165, 1.54) is 6.07 Å². The largest absolute Gasteiger partial charge is 0.464 e. The van der Waals surface area contributed by atoms with Crippen molar-refractivity contribution in [1.29, 1.82) is 5.26 Å². The summed E-state index contributed by atoms with van der Waals surface area (Å²) in [5, 5.41) is 11.1. The molecule has 1 atom stereocenters. The Labute approximate surface area is 104 Å². The number of ether oxygens (including phenoxy) is 1. The van der Waals surface area contributed by atoms with Crippen LogP contribution in [0.1, 0.15) is 12.5 Å². The predicted octanol–water partition coefficient (Wildman–Crippen LogP) is 0.387. The molecule has 0 aromatic heterocycles. The summed E-state index contributed by atoms with van der Waals surface area (Å²) in [5.41, 5.74) is 6.22. The second-order valence-corrected chi connectivity index (χ2v) is 3.41. The molecule has 0 radical (unpaired) electrons. The Bertz CT molecular complexity index is 494. The molecular formula is C12H13N3O3. The number of nitrogens with one attached hydrogen (secondary N) is 1. The molecule has 0 aliphatic heterocycles. The third-order valence-electron chi connectivity index (χ3n) is 2.08. The van der Waals surface area contributed by atoms with Crippen LogP contribution in [0.2, 0.25) is 0 Å². The number of nitrogens with zero attached hydrogens (tertiary/aromatic N) is 1. The first kappa shape index (κ1) is 13.7. The summed E-state index contributed by atoms with van der Waals surface area (Å²) in [4.78, 5) is 22.8. The summed E-state index contributed by atoms with van der Waals surface area (Å²) >= 11 is 0. The van der Waals surface area contributed by atoms with E-state index in [0.717, 1.165) is 0 Å². The number of hydrogen-bond donors (Lipinski definition) is 2. The second-order valence-electron chi connectivity index (χ2n) is 3.41. The predicted molar refractivity (Wildman–Crippen MR) is 64.4 cm³/mol. The lowest BCUT2D eigenvalue weighted by Gasteiger charge is -2.11. The number of rotatable bonds is 4. The van der Waals surface area contributed by atoms with Crippen molar-refractivity contribution in [2.24, 2.45) is 5.73 Å². The molecule has 94 valence electrons. The van der Waals surface area contributed by atoms with Gasteiger partial charge in [0.25, 0.3) is 5.91 Å². The van der Waals surface area contributed by atoms with Crippen molar-refractivity contribution >= 4 is 17.6 Å². The fourth-order valence-corrected chi connectivity index (χ4v) is 1.23. The van der Waals surface area contributed by atoms with Gasteiger partial charge in [-0.05, 0) is 25.1 Å². The van der Waals surface area contributed by atoms with Gasteiger partial charge in [-0.2, -0.15) is 5.26 Å². The van der Waals surface area contributed by atoms with Crippen molar-refractivity contribution in [3.8, 4) is 6.07 Å². The summed E-state index contributed by atoms with van der Waals surface area (Å²) in [5.74, 6) is -1.46. The quantitative estimate of drug-likeness (QED) is 0.591. The summed E-state index contributed by atoms with van der Waals surface area (Å²) in [6.45, 7) is 1.78. The minimum absolute atomic E-state index is 0.156. The average molecular weight is 247 g/mol. The Balaban J connectivity index is 2.69. The minimum atomic E-state index is -1.38. The van der Waals surface area contributed by atoms with Crippen molar-refractivity contribution in [3.05, 3.63) is 29.8 Å². The summed E-state index contributed by atoms with van der Waals surface area (Å²) in [6, 6.07) is 6.85. The van der Waals surface area contributed by atoms with Gasteiger partial charge in [-0.1, -0.05) is 6.07 Å². The Morgan fingerprint density at radius 1 is 1.56 bits per heavy atom. The first-order valence-corrected chi connectivity index (χ1v) is 5.31. The Hall–Kier alpha value is -2.39. The maximum absolute atomic E-state index is 11.6. The fraction of sp³-hybridized carbons (Fsp3) is 0.250. The monoisotopic (exact) mass is 247 g/mol. The van der Waals surface area contributed by atoms with Crippen molar-refractivity contribution in [2.75, 3.05) is 11.9 Å². The van der Waals surface area contributed by atoms with Gasteiger partial charge in [-0.25, -0.2) is 4.79 Å². The molecule has 0 bridgehead atoms. The van der Waals surface area contributed by atoms with Crippen LogP contribution < -0.4 is 11.1 Å². The number of carbonyl (C=O) groups is 2. The molecule has 18 heavy (non-hydrogen) atoms. The Morgan fingerprint density at radius 3 is 2.89 bits per heavy atom. The lowest BCUT2D eigenvalue weighted by molar-refractivity contribution is -0.146. The van der Waals surface area contributed by atoms with Crippen molar-refractivity contribution < 1.29 is 14.3 Å². The van der Waals surface area contributed by atoms with E-state index in [9.17, 15) is 9.59 Å². The molecule has 0 aliphatic carbocycles. The van der Waals surface area contributed by atoms with Gasteiger partial charge in [0, 0.05) is 5.69 Å².